The van der Waals surface area contributed by atoms with E-state index in [1.165, 1.54) is 11.1 Å². The first-order valence-electron chi connectivity index (χ1n) is 10.2. The molecule has 7 heteroatoms. The Balaban J connectivity index is 1.91. The minimum Gasteiger partial charge on any atom is -0.493 e. The van der Waals surface area contributed by atoms with Gasteiger partial charge in [-0.3, -0.25) is 0 Å². The summed E-state index contributed by atoms with van der Waals surface area (Å²) >= 11 is 1.58. The minimum absolute atomic E-state index is 0.548. The van der Waals surface area contributed by atoms with Crippen molar-refractivity contribution in [2.24, 2.45) is 4.99 Å². The molecule has 2 aromatic carbocycles. The molecule has 2 aromatic heterocycles. The fourth-order valence-electron chi connectivity index (χ4n) is 3.72. The van der Waals surface area contributed by atoms with E-state index in [2.05, 4.69) is 42.0 Å². The first-order valence-corrected chi connectivity index (χ1v) is 11.0. The number of rotatable bonds is 7. The number of ether oxygens (including phenoxy) is 3. The highest BCUT2D eigenvalue weighted by Crippen LogP contribution is 2.41. The quantitative estimate of drug-likeness (QED) is 0.361. The minimum atomic E-state index is 0.548. The maximum absolute atomic E-state index is 5.64. The molecular formula is C25H26N2O4S. The van der Waals surface area contributed by atoms with Gasteiger partial charge in [0.1, 0.15) is 5.76 Å². The number of furan rings is 1. The average molecular weight is 451 g/mol. The summed E-state index contributed by atoms with van der Waals surface area (Å²) in [6, 6.07) is 14.1. The molecule has 166 valence electrons. The van der Waals surface area contributed by atoms with Crippen LogP contribution >= 0.6 is 11.3 Å². The third-order valence-corrected chi connectivity index (χ3v) is 5.95. The molecule has 0 N–H and O–H groups in total. The van der Waals surface area contributed by atoms with E-state index in [1.54, 1.807) is 38.9 Å². The molecule has 0 aliphatic heterocycles. The summed E-state index contributed by atoms with van der Waals surface area (Å²) in [6.07, 6.45) is 1.68. The number of benzene rings is 2. The van der Waals surface area contributed by atoms with Gasteiger partial charge in [0.25, 0.3) is 0 Å². The standard InChI is InChI=1S/C25H26N2O4S/c1-16-9-17(2)11-19(10-16)26-25-27(14-20-7-6-8-31-20)21(15-32-25)18-12-22(28-3)24(30-5)23(13-18)29-4/h6-13,15H,14H2,1-5H3. The monoisotopic (exact) mass is 450 g/mol. The van der Waals surface area contributed by atoms with Crippen molar-refractivity contribution in [2.75, 3.05) is 21.3 Å². The lowest BCUT2D eigenvalue weighted by Gasteiger charge is -2.15. The normalized spacial score (nSPS) is 11.6. The van der Waals surface area contributed by atoms with Crippen molar-refractivity contribution in [3.05, 3.63) is 75.8 Å². The van der Waals surface area contributed by atoms with Crippen LogP contribution in [0.4, 0.5) is 5.69 Å². The number of nitrogens with zero attached hydrogens (tertiary/aromatic N) is 2. The van der Waals surface area contributed by atoms with Crippen LogP contribution in [0.2, 0.25) is 0 Å². The third-order valence-electron chi connectivity index (χ3n) is 5.08. The fourth-order valence-corrected chi connectivity index (χ4v) is 4.64. The highest BCUT2D eigenvalue weighted by Gasteiger charge is 2.17. The van der Waals surface area contributed by atoms with Crippen molar-refractivity contribution < 1.29 is 18.6 Å². The summed E-state index contributed by atoms with van der Waals surface area (Å²) in [4.78, 5) is 5.83. The van der Waals surface area contributed by atoms with Gasteiger partial charge in [-0.05, 0) is 61.4 Å². The second kappa shape index (κ2) is 9.36. The van der Waals surface area contributed by atoms with E-state index in [9.17, 15) is 0 Å². The molecule has 0 aliphatic carbocycles. The van der Waals surface area contributed by atoms with Gasteiger partial charge >= 0.3 is 0 Å². The van der Waals surface area contributed by atoms with Crippen molar-refractivity contribution >= 4 is 17.0 Å². The third kappa shape index (κ3) is 4.43. The van der Waals surface area contributed by atoms with Gasteiger partial charge in [-0.1, -0.05) is 6.07 Å². The van der Waals surface area contributed by atoms with Crippen molar-refractivity contribution in [3.63, 3.8) is 0 Å². The summed E-state index contributed by atoms with van der Waals surface area (Å²) in [5, 5.41) is 2.09. The first kappa shape index (κ1) is 21.8. The Morgan fingerprint density at radius 1 is 0.938 bits per heavy atom. The molecule has 0 saturated carbocycles. The maximum atomic E-state index is 5.64. The summed E-state index contributed by atoms with van der Waals surface area (Å²) in [5.41, 5.74) is 5.21. The van der Waals surface area contributed by atoms with Gasteiger partial charge in [-0.25, -0.2) is 4.99 Å². The Hall–Kier alpha value is -3.45. The lowest BCUT2D eigenvalue weighted by atomic mass is 10.1. The van der Waals surface area contributed by atoms with Crippen LogP contribution in [0.15, 0.2) is 63.5 Å². The van der Waals surface area contributed by atoms with E-state index in [-0.39, 0.29) is 0 Å². The second-order valence-corrected chi connectivity index (χ2v) is 8.28. The lowest BCUT2D eigenvalue weighted by Crippen LogP contribution is -2.16. The predicted octanol–water partition coefficient (Wildman–Crippen LogP) is 5.73. The number of hydrogen-bond donors (Lipinski definition) is 0. The molecule has 32 heavy (non-hydrogen) atoms. The van der Waals surface area contributed by atoms with Crippen LogP contribution < -0.4 is 19.0 Å². The molecular weight excluding hydrogens is 424 g/mol. The highest BCUT2D eigenvalue weighted by molar-refractivity contribution is 7.07. The molecule has 0 saturated heterocycles. The number of hydrogen-bond acceptors (Lipinski definition) is 6. The first-order chi connectivity index (χ1) is 15.5. The zero-order chi connectivity index (χ0) is 22.7. The van der Waals surface area contributed by atoms with Crippen LogP contribution in [0, 0.1) is 13.8 Å². The Labute approximate surface area is 191 Å². The van der Waals surface area contributed by atoms with Crippen molar-refractivity contribution in [1.82, 2.24) is 4.57 Å². The van der Waals surface area contributed by atoms with Crippen molar-refractivity contribution in [2.45, 2.75) is 20.4 Å². The Morgan fingerprint density at radius 2 is 1.62 bits per heavy atom. The molecule has 0 amide bonds. The van der Waals surface area contributed by atoms with Gasteiger partial charge in [-0.2, -0.15) is 0 Å². The number of aromatic nitrogens is 1. The summed E-state index contributed by atoms with van der Waals surface area (Å²) < 4.78 is 24.4. The maximum Gasteiger partial charge on any atom is 0.203 e. The van der Waals surface area contributed by atoms with Gasteiger partial charge in [0.15, 0.2) is 16.3 Å². The average Bonchev–Trinajstić information content (AvgIpc) is 3.42. The van der Waals surface area contributed by atoms with E-state index in [0.717, 1.165) is 27.5 Å². The molecule has 0 aliphatic rings. The molecule has 0 bridgehead atoms. The van der Waals surface area contributed by atoms with E-state index in [4.69, 9.17) is 23.6 Å². The highest BCUT2D eigenvalue weighted by atomic mass is 32.1. The lowest BCUT2D eigenvalue weighted by molar-refractivity contribution is 0.324. The molecule has 4 rings (SSSR count). The Bertz CT molecular complexity index is 1240. The largest absolute Gasteiger partial charge is 0.493 e. The van der Waals surface area contributed by atoms with E-state index < -0.39 is 0 Å². The van der Waals surface area contributed by atoms with Crippen LogP contribution in [0.5, 0.6) is 17.2 Å². The Morgan fingerprint density at radius 3 is 2.19 bits per heavy atom. The number of thiazole rings is 1. The van der Waals surface area contributed by atoms with Gasteiger partial charge < -0.3 is 23.2 Å². The van der Waals surface area contributed by atoms with E-state index in [1.807, 2.05) is 24.3 Å². The fraction of sp³-hybridized carbons (Fsp3) is 0.240. The number of methoxy groups -OCH3 is 3. The summed E-state index contributed by atoms with van der Waals surface area (Å²) in [6.45, 7) is 4.71. The van der Waals surface area contributed by atoms with E-state index in [0.29, 0.717) is 23.8 Å². The summed E-state index contributed by atoms with van der Waals surface area (Å²) in [5.74, 6) is 2.61. The van der Waals surface area contributed by atoms with Gasteiger partial charge in [-0.15, -0.1) is 11.3 Å². The van der Waals surface area contributed by atoms with Gasteiger partial charge in [0.2, 0.25) is 5.75 Å². The van der Waals surface area contributed by atoms with Crippen LogP contribution in [-0.2, 0) is 6.54 Å². The topological polar surface area (TPSA) is 58.1 Å². The molecule has 0 fully saturated rings. The van der Waals surface area contributed by atoms with Gasteiger partial charge in [0.05, 0.1) is 45.5 Å². The second-order valence-electron chi connectivity index (χ2n) is 7.44. The van der Waals surface area contributed by atoms with Crippen molar-refractivity contribution in [1.29, 1.82) is 0 Å². The Kier molecular flexibility index (Phi) is 6.37. The smallest absolute Gasteiger partial charge is 0.203 e. The van der Waals surface area contributed by atoms with Crippen molar-refractivity contribution in [3.8, 4) is 28.5 Å². The number of aryl methyl sites for hydroxylation is 2. The zero-order valence-electron chi connectivity index (χ0n) is 18.8. The molecule has 6 nitrogen and oxygen atoms in total. The molecule has 0 radical (unpaired) electrons. The summed E-state index contributed by atoms with van der Waals surface area (Å²) in [7, 11) is 4.83. The molecule has 0 atom stereocenters. The predicted molar refractivity (Wildman–Crippen MR) is 126 cm³/mol. The van der Waals surface area contributed by atoms with Crippen LogP contribution in [0.1, 0.15) is 16.9 Å². The SMILES string of the molecule is COc1cc(-c2csc(=Nc3cc(C)cc(C)c3)n2Cc2ccco2)cc(OC)c1OC. The molecule has 2 heterocycles. The van der Waals surface area contributed by atoms with Crippen LogP contribution in [-0.4, -0.2) is 25.9 Å². The van der Waals surface area contributed by atoms with E-state index >= 15 is 0 Å². The molecule has 0 spiro atoms. The van der Waals surface area contributed by atoms with Crippen LogP contribution in [0.3, 0.4) is 0 Å². The molecule has 4 aromatic rings. The molecule has 0 unspecified atom stereocenters. The van der Waals surface area contributed by atoms with Crippen LogP contribution in [0.25, 0.3) is 11.3 Å². The zero-order valence-corrected chi connectivity index (χ0v) is 19.7. The van der Waals surface area contributed by atoms with Gasteiger partial charge in [0, 0.05) is 10.9 Å².